The average molecular weight is 362 g/mol. The molecular formula is C25H47N. The summed E-state index contributed by atoms with van der Waals surface area (Å²) in [6.07, 6.45) is 18.0. The topological polar surface area (TPSA) is 3.24 Å². The van der Waals surface area contributed by atoms with Gasteiger partial charge in [0.05, 0.1) is 0 Å². The number of nitrogens with zero attached hydrogens (tertiary/aromatic N) is 1. The van der Waals surface area contributed by atoms with E-state index in [4.69, 9.17) is 0 Å². The maximum absolute atomic E-state index is 2.65. The highest BCUT2D eigenvalue weighted by atomic mass is 15.2. The van der Waals surface area contributed by atoms with Gasteiger partial charge in [-0.25, -0.2) is 0 Å². The van der Waals surface area contributed by atoms with E-state index in [-0.39, 0.29) is 0 Å². The van der Waals surface area contributed by atoms with Crippen molar-refractivity contribution in [3.8, 4) is 0 Å². The van der Waals surface area contributed by atoms with Gasteiger partial charge in [0.1, 0.15) is 0 Å². The lowest BCUT2D eigenvalue weighted by atomic mass is 9.64. The van der Waals surface area contributed by atoms with Gasteiger partial charge in [-0.1, -0.05) is 51.9 Å². The predicted octanol–water partition coefficient (Wildman–Crippen LogP) is 7.30. The Bertz CT molecular complexity index is 417. The van der Waals surface area contributed by atoms with Crippen LogP contribution >= 0.6 is 0 Å². The van der Waals surface area contributed by atoms with E-state index >= 15 is 0 Å². The summed E-state index contributed by atoms with van der Waals surface area (Å²) in [6, 6.07) is 0. The second-order valence-corrected chi connectivity index (χ2v) is 11.7. The fraction of sp³-hybridized carbons (Fsp3) is 1.00. The third kappa shape index (κ3) is 4.68. The predicted molar refractivity (Wildman–Crippen MR) is 114 cm³/mol. The van der Waals surface area contributed by atoms with E-state index in [0.29, 0.717) is 11.1 Å². The van der Waals surface area contributed by atoms with E-state index in [1.54, 1.807) is 6.42 Å². The van der Waals surface area contributed by atoms with E-state index in [1.165, 1.54) is 70.6 Å². The van der Waals surface area contributed by atoms with Gasteiger partial charge in [0.25, 0.3) is 0 Å². The molecule has 2 saturated carbocycles. The lowest BCUT2D eigenvalue weighted by Gasteiger charge is -2.55. The normalized spacial score (nSPS) is 39.0. The quantitative estimate of drug-likeness (QED) is 0.508. The lowest BCUT2D eigenvalue weighted by Crippen LogP contribution is -2.59. The standard InChI is InChI=1S/C25H47N/c1-7-19-8-10-20(11-9-19)16-21-12-14-22(15-13-21)23-17-24(2,3)26(6)25(4,5)18-23/h19-23H,7-18H2,1-6H3. The Hall–Kier alpha value is -0.0400. The highest BCUT2D eigenvalue weighted by Crippen LogP contribution is 2.48. The van der Waals surface area contributed by atoms with Gasteiger partial charge in [-0.15, -0.1) is 0 Å². The van der Waals surface area contributed by atoms with Crippen LogP contribution in [0.3, 0.4) is 0 Å². The summed E-state index contributed by atoms with van der Waals surface area (Å²) in [5, 5.41) is 0. The lowest BCUT2D eigenvalue weighted by molar-refractivity contribution is -0.0502. The third-order valence-corrected chi connectivity index (χ3v) is 9.11. The Morgan fingerprint density at radius 2 is 1.08 bits per heavy atom. The molecule has 0 aromatic rings. The molecule has 1 heteroatoms. The van der Waals surface area contributed by atoms with Gasteiger partial charge in [0.2, 0.25) is 0 Å². The Labute approximate surface area is 164 Å². The molecule has 26 heavy (non-hydrogen) atoms. The van der Waals surface area contributed by atoms with Gasteiger partial charge < -0.3 is 0 Å². The van der Waals surface area contributed by atoms with E-state index in [1.807, 2.05) is 0 Å². The SMILES string of the molecule is CCC1CCC(CC2CCC(C3CC(C)(C)N(C)C(C)(C)C3)CC2)CC1. The smallest absolute Gasteiger partial charge is 0.0158 e. The summed E-state index contributed by atoms with van der Waals surface area (Å²) in [4.78, 5) is 2.65. The molecule has 0 unspecified atom stereocenters. The summed E-state index contributed by atoms with van der Waals surface area (Å²) in [7, 11) is 2.35. The Morgan fingerprint density at radius 3 is 1.54 bits per heavy atom. The van der Waals surface area contributed by atoms with Crippen LogP contribution in [0.1, 0.15) is 112 Å². The van der Waals surface area contributed by atoms with Gasteiger partial charge in [-0.05, 0) is 96.4 Å². The van der Waals surface area contributed by atoms with Crippen LogP contribution in [0, 0.1) is 29.6 Å². The molecule has 1 aliphatic heterocycles. The highest BCUT2D eigenvalue weighted by Gasteiger charge is 2.45. The molecule has 0 atom stereocenters. The number of hydrogen-bond acceptors (Lipinski definition) is 1. The highest BCUT2D eigenvalue weighted by molar-refractivity contribution is 5.00. The Morgan fingerprint density at radius 1 is 0.654 bits per heavy atom. The molecule has 2 aliphatic carbocycles. The molecule has 0 spiro atoms. The molecule has 1 heterocycles. The van der Waals surface area contributed by atoms with Crippen molar-refractivity contribution >= 4 is 0 Å². The van der Waals surface area contributed by atoms with Crippen molar-refractivity contribution in [3.63, 3.8) is 0 Å². The zero-order chi connectivity index (χ0) is 18.9. The molecule has 1 nitrogen and oxygen atoms in total. The maximum atomic E-state index is 2.65. The molecule has 1 saturated heterocycles. The molecule has 152 valence electrons. The van der Waals surface area contributed by atoms with Crippen molar-refractivity contribution in [2.24, 2.45) is 29.6 Å². The molecule has 0 radical (unpaired) electrons. The minimum Gasteiger partial charge on any atom is -0.296 e. The second-order valence-electron chi connectivity index (χ2n) is 11.7. The third-order valence-electron chi connectivity index (χ3n) is 9.11. The monoisotopic (exact) mass is 361 g/mol. The minimum atomic E-state index is 0.362. The fourth-order valence-electron chi connectivity index (χ4n) is 7.02. The zero-order valence-corrected chi connectivity index (χ0v) is 18.8. The first kappa shape index (κ1) is 20.7. The zero-order valence-electron chi connectivity index (χ0n) is 18.8. The second kappa shape index (κ2) is 8.14. The summed E-state index contributed by atoms with van der Waals surface area (Å²) in [5.74, 6) is 5.15. The number of likely N-dealkylation sites (tertiary alicyclic amines) is 1. The molecule has 0 aromatic carbocycles. The first-order chi connectivity index (χ1) is 12.2. The van der Waals surface area contributed by atoms with Crippen LogP contribution in [0.5, 0.6) is 0 Å². The Balaban J connectivity index is 1.46. The van der Waals surface area contributed by atoms with Gasteiger partial charge >= 0.3 is 0 Å². The summed E-state index contributed by atoms with van der Waals surface area (Å²) in [5.41, 5.74) is 0.725. The summed E-state index contributed by atoms with van der Waals surface area (Å²) < 4.78 is 0. The largest absolute Gasteiger partial charge is 0.296 e. The van der Waals surface area contributed by atoms with Gasteiger partial charge in [-0.2, -0.15) is 0 Å². The van der Waals surface area contributed by atoms with Crippen molar-refractivity contribution in [1.29, 1.82) is 0 Å². The van der Waals surface area contributed by atoms with Crippen molar-refractivity contribution in [3.05, 3.63) is 0 Å². The molecule has 0 N–H and O–H groups in total. The van der Waals surface area contributed by atoms with Crippen LogP contribution in [0.15, 0.2) is 0 Å². The maximum Gasteiger partial charge on any atom is 0.0158 e. The van der Waals surface area contributed by atoms with E-state index < -0.39 is 0 Å². The molecular weight excluding hydrogens is 314 g/mol. The molecule has 3 rings (SSSR count). The van der Waals surface area contributed by atoms with Crippen LogP contribution in [0.4, 0.5) is 0 Å². The number of hydrogen-bond donors (Lipinski definition) is 0. The molecule has 0 amide bonds. The van der Waals surface area contributed by atoms with Crippen LogP contribution in [-0.4, -0.2) is 23.0 Å². The van der Waals surface area contributed by atoms with E-state index in [9.17, 15) is 0 Å². The van der Waals surface area contributed by atoms with Crippen LogP contribution < -0.4 is 0 Å². The van der Waals surface area contributed by atoms with Gasteiger partial charge in [0, 0.05) is 11.1 Å². The number of piperidine rings is 1. The first-order valence-corrected chi connectivity index (χ1v) is 11.9. The van der Waals surface area contributed by atoms with Crippen molar-refractivity contribution in [1.82, 2.24) is 4.90 Å². The van der Waals surface area contributed by atoms with Gasteiger partial charge in [0.15, 0.2) is 0 Å². The molecule has 3 fully saturated rings. The number of rotatable bonds is 4. The van der Waals surface area contributed by atoms with Crippen molar-refractivity contribution in [2.75, 3.05) is 7.05 Å². The molecule has 3 aliphatic rings. The minimum absolute atomic E-state index is 0.362. The molecule has 0 bridgehead atoms. The van der Waals surface area contributed by atoms with Crippen molar-refractivity contribution in [2.45, 2.75) is 123 Å². The van der Waals surface area contributed by atoms with Gasteiger partial charge in [-0.3, -0.25) is 4.90 Å². The van der Waals surface area contributed by atoms with E-state index in [0.717, 1.165) is 29.6 Å². The van der Waals surface area contributed by atoms with Crippen LogP contribution in [-0.2, 0) is 0 Å². The van der Waals surface area contributed by atoms with Crippen LogP contribution in [0.25, 0.3) is 0 Å². The summed E-state index contributed by atoms with van der Waals surface area (Å²) in [6.45, 7) is 12.3. The molecule has 0 aromatic heterocycles. The van der Waals surface area contributed by atoms with Crippen molar-refractivity contribution < 1.29 is 0 Å². The fourth-order valence-corrected chi connectivity index (χ4v) is 7.02. The van der Waals surface area contributed by atoms with E-state index in [2.05, 4.69) is 46.6 Å². The average Bonchev–Trinajstić information content (AvgIpc) is 2.60. The first-order valence-electron chi connectivity index (χ1n) is 11.9. The Kier molecular flexibility index (Phi) is 6.48. The van der Waals surface area contributed by atoms with Crippen LogP contribution in [0.2, 0.25) is 0 Å². The summed E-state index contributed by atoms with van der Waals surface area (Å²) >= 11 is 0.